The molecule has 3 nitrogen and oxygen atoms in total. The second-order valence-corrected chi connectivity index (χ2v) is 7.17. The first-order valence-electron chi connectivity index (χ1n) is 6.46. The Morgan fingerprint density at radius 3 is 1.85 bits per heavy atom. The molecular weight excluding hydrogens is 272 g/mol. The Balaban J connectivity index is 2.06. The summed E-state index contributed by atoms with van der Waals surface area (Å²) in [5, 5.41) is -1.74. The molecule has 2 unspecified atom stereocenters. The maximum absolute atomic E-state index is 12.7. The van der Waals surface area contributed by atoms with E-state index >= 15 is 0 Å². The van der Waals surface area contributed by atoms with Crippen LogP contribution < -0.4 is 0 Å². The molecule has 0 bridgehead atoms. The van der Waals surface area contributed by atoms with Crippen LogP contribution in [0.2, 0.25) is 0 Å². The van der Waals surface area contributed by atoms with E-state index in [1.54, 1.807) is 48.5 Å². The lowest BCUT2D eigenvalue weighted by Crippen LogP contribution is -2.15. The maximum atomic E-state index is 12.7. The Bertz CT molecular complexity index is 721. The van der Waals surface area contributed by atoms with E-state index in [1.165, 1.54) is 0 Å². The molecule has 0 aromatic heterocycles. The van der Waals surface area contributed by atoms with Crippen molar-refractivity contribution in [3.63, 3.8) is 0 Å². The predicted octanol–water partition coefficient (Wildman–Crippen LogP) is 2.86. The van der Waals surface area contributed by atoms with E-state index in [1.807, 2.05) is 12.1 Å². The van der Waals surface area contributed by atoms with E-state index in [-0.39, 0.29) is 12.2 Å². The first kappa shape index (κ1) is 13.1. The molecule has 2 aromatic rings. The van der Waals surface area contributed by atoms with Crippen LogP contribution in [0.5, 0.6) is 0 Å². The lowest BCUT2D eigenvalue weighted by atomic mass is 10.0. The Labute approximate surface area is 118 Å². The van der Waals surface area contributed by atoms with Crippen LogP contribution in [0.25, 0.3) is 0 Å². The number of benzene rings is 2. The molecular formula is C16H14O3S. The van der Waals surface area contributed by atoms with Gasteiger partial charge in [0.25, 0.3) is 0 Å². The van der Waals surface area contributed by atoms with Crippen molar-refractivity contribution in [1.29, 1.82) is 0 Å². The molecule has 3 rings (SSSR count). The van der Waals surface area contributed by atoms with Crippen LogP contribution in [0.15, 0.2) is 60.7 Å². The minimum absolute atomic E-state index is 0.0614. The average molecular weight is 286 g/mol. The van der Waals surface area contributed by atoms with Crippen LogP contribution in [-0.2, 0) is 14.6 Å². The SMILES string of the molecule is O=C1CC(c2ccccc2)S(=O)(=O)C1c1ccccc1. The smallest absolute Gasteiger partial charge is 0.171 e. The fourth-order valence-electron chi connectivity index (χ4n) is 2.73. The Hall–Kier alpha value is -1.94. The Morgan fingerprint density at radius 1 is 0.800 bits per heavy atom. The molecule has 4 heteroatoms. The summed E-state index contributed by atoms with van der Waals surface area (Å²) in [6.45, 7) is 0. The number of hydrogen-bond donors (Lipinski definition) is 0. The highest BCUT2D eigenvalue weighted by Gasteiger charge is 2.48. The zero-order chi connectivity index (χ0) is 14.2. The van der Waals surface area contributed by atoms with E-state index in [0.29, 0.717) is 11.1 Å². The lowest BCUT2D eigenvalue weighted by molar-refractivity contribution is -0.118. The molecule has 0 aliphatic carbocycles. The van der Waals surface area contributed by atoms with Gasteiger partial charge in [-0.15, -0.1) is 0 Å². The molecule has 1 saturated heterocycles. The van der Waals surface area contributed by atoms with Gasteiger partial charge in [-0.3, -0.25) is 4.79 Å². The summed E-state index contributed by atoms with van der Waals surface area (Å²) in [4.78, 5) is 12.2. The molecule has 102 valence electrons. The summed E-state index contributed by atoms with van der Waals surface area (Å²) in [6.07, 6.45) is 0.0614. The quantitative estimate of drug-likeness (QED) is 0.853. The van der Waals surface area contributed by atoms with E-state index in [2.05, 4.69) is 0 Å². The standard InChI is InChI=1S/C16H14O3S/c17-14-11-15(12-7-3-1-4-8-12)20(18,19)16(14)13-9-5-2-6-10-13/h1-10,15-16H,11H2. The molecule has 1 aliphatic rings. The second kappa shape index (κ2) is 4.87. The van der Waals surface area contributed by atoms with Crippen LogP contribution in [-0.4, -0.2) is 14.2 Å². The number of ketones is 1. The number of carbonyl (C=O) groups excluding carboxylic acids is 1. The minimum atomic E-state index is -3.53. The van der Waals surface area contributed by atoms with Crippen molar-refractivity contribution in [2.75, 3.05) is 0 Å². The molecule has 20 heavy (non-hydrogen) atoms. The highest BCUT2D eigenvalue weighted by molar-refractivity contribution is 7.93. The minimum Gasteiger partial charge on any atom is -0.298 e. The van der Waals surface area contributed by atoms with Crippen molar-refractivity contribution in [2.45, 2.75) is 16.9 Å². The number of Topliss-reactive ketones (excluding diaryl/α,β-unsaturated/α-hetero) is 1. The van der Waals surface area contributed by atoms with Gasteiger partial charge in [-0.05, 0) is 11.1 Å². The fraction of sp³-hybridized carbons (Fsp3) is 0.188. The Morgan fingerprint density at radius 2 is 1.30 bits per heavy atom. The molecule has 0 spiro atoms. The van der Waals surface area contributed by atoms with Crippen molar-refractivity contribution in [1.82, 2.24) is 0 Å². The normalized spacial score (nSPS) is 24.7. The summed E-state index contributed by atoms with van der Waals surface area (Å²) in [5.74, 6) is -0.218. The predicted molar refractivity (Wildman–Crippen MR) is 76.9 cm³/mol. The summed E-state index contributed by atoms with van der Waals surface area (Å²) in [7, 11) is -3.53. The summed E-state index contributed by atoms with van der Waals surface area (Å²) < 4.78 is 25.4. The van der Waals surface area contributed by atoms with Gasteiger partial charge < -0.3 is 0 Å². The molecule has 2 aromatic carbocycles. The fourth-order valence-corrected chi connectivity index (χ4v) is 4.99. The molecule has 0 radical (unpaired) electrons. The molecule has 0 amide bonds. The third-order valence-corrected chi connectivity index (χ3v) is 6.10. The highest BCUT2D eigenvalue weighted by atomic mass is 32.2. The lowest BCUT2D eigenvalue weighted by Gasteiger charge is -2.12. The van der Waals surface area contributed by atoms with Crippen molar-refractivity contribution in [3.8, 4) is 0 Å². The average Bonchev–Trinajstić information content (AvgIpc) is 2.70. The molecule has 1 aliphatic heterocycles. The third-order valence-electron chi connectivity index (χ3n) is 3.68. The van der Waals surface area contributed by atoms with Gasteiger partial charge in [-0.2, -0.15) is 0 Å². The molecule has 0 N–H and O–H groups in total. The molecule has 1 heterocycles. The highest BCUT2D eigenvalue weighted by Crippen LogP contribution is 2.44. The monoisotopic (exact) mass is 286 g/mol. The van der Waals surface area contributed by atoms with Gasteiger partial charge >= 0.3 is 0 Å². The number of carbonyl (C=O) groups is 1. The van der Waals surface area contributed by atoms with E-state index in [9.17, 15) is 13.2 Å². The zero-order valence-corrected chi connectivity index (χ0v) is 11.6. The second-order valence-electron chi connectivity index (χ2n) is 4.95. The van der Waals surface area contributed by atoms with Crippen LogP contribution in [0.4, 0.5) is 0 Å². The van der Waals surface area contributed by atoms with Gasteiger partial charge in [-0.1, -0.05) is 60.7 Å². The number of rotatable bonds is 2. The van der Waals surface area contributed by atoms with E-state index in [0.717, 1.165) is 0 Å². The van der Waals surface area contributed by atoms with Crippen LogP contribution in [0.1, 0.15) is 28.0 Å². The van der Waals surface area contributed by atoms with Crippen molar-refractivity contribution in [2.24, 2.45) is 0 Å². The van der Waals surface area contributed by atoms with Crippen LogP contribution >= 0.6 is 0 Å². The molecule has 2 atom stereocenters. The Kier molecular flexibility index (Phi) is 3.18. The van der Waals surface area contributed by atoms with Crippen LogP contribution in [0, 0.1) is 0 Å². The summed E-state index contributed by atoms with van der Waals surface area (Å²) >= 11 is 0. The van der Waals surface area contributed by atoms with Gasteiger partial charge in [0.05, 0.1) is 5.25 Å². The van der Waals surface area contributed by atoms with E-state index < -0.39 is 20.3 Å². The number of sulfone groups is 1. The first-order chi connectivity index (χ1) is 9.60. The number of hydrogen-bond acceptors (Lipinski definition) is 3. The van der Waals surface area contributed by atoms with Crippen molar-refractivity contribution in [3.05, 3.63) is 71.8 Å². The largest absolute Gasteiger partial charge is 0.298 e. The van der Waals surface area contributed by atoms with E-state index in [4.69, 9.17) is 0 Å². The summed E-state index contributed by atoms with van der Waals surface area (Å²) in [6, 6.07) is 17.7. The molecule has 0 saturated carbocycles. The van der Waals surface area contributed by atoms with Crippen LogP contribution in [0.3, 0.4) is 0 Å². The van der Waals surface area contributed by atoms with Gasteiger partial charge in [-0.25, -0.2) is 8.42 Å². The maximum Gasteiger partial charge on any atom is 0.171 e. The van der Waals surface area contributed by atoms with Gasteiger partial charge in [0.15, 0.2) is 15.6 Å². The van der Waals surface area contributed by atoms with Gasteiger partial charge in [0.2, 0.25) is 0 Å². The van der Waals surface area contributed by atoms with Gasteiger partial charge in [0, 0.05) is 6.42 Å². The zero-order valence-electron chi connectivity index (χ0n) is 10.8. The first-order valence-corrected chi connectivity index (χ1v) is 8.07. The van der Waals surface area contributed by atoms with Crippen molar-refractivity contribution >= 4 is 15.6 Å². The van der Waals surface area contributed by atoms with Gasteiger partial charge in [0.1, 0.15) is 5.25 Å². The third kappa shape index (κ3) is 2.06. The summed E-state index contributed by atoms with van der Waals surface area (Å²) in [5.41, 5.74) is 1.26. The molecule has 1 fully saturated rings. The topological polar surface area (TPSA) is 51.2 Å². The van der Waals surface area contributed by atoms with Crippen molar-refractivity contribution < 1.29 is 13.2 Å².